The maximum absolute atomic E-state index is 13.5. The molecule has 0 saturated carbocycles. The first kappa shape index (κ1) is 16.8. The lowest BCUT2D eigenvalue weighted by Crippen LogP contribution is -2.24. The zero-order valence-corrected chi connectivity index (χ0v) is 12.7. The second-order valence-corrected chi connectivity index (χ2v) is 4.83. The molecule has 1 N–H and O–H groups in total. The number of carbonyl (C=O) groups excluding carboxylic acids is 2. The third-order valence-electron chi connectivity index (χ3n) is 2.51. The second kappa shape index (κ2) is 7.59. The van der Waals surface area contributed by atoms with Gasteiger partial charge >= 0.3 is 5.97 Å². The lowest BCUT2D eigenvalue weighted by Gasteiger charge is -2.07. The van der Waals surface area contributed by atoms with Crippen molar-refractivity contribution in [2.45, 2.75) is 6.92 Å². The van der Waals surface area contributed by atoms with E-state index in [1.807, 2.05) is 0 Å². The van der Waals surface area contributed by atoms with Crippen LogP contribution < -0.4 is 10.1 Å². The standard InChI is InChI=1S/C14H12ClFN2O5/c1-8-4-13(18-23-8)21-7-14(20)22-6-12(19)17-11-3-2-9(15)5-10(11)16/h2-5H,6-7H2,1H3,(H,17,19). The van der Waals surface area contributed by atoms with Crippen LogP contribution in [0.5, 0.6) is 5.88 Å². The smallest absolute Gasteiger partial charge is 0.344 e. The Labute approximate surface area is 135 Å². The van der Waals surface area contributed by atoms with Gasteiger partial charge in [0.15, 0.2) is 13.2 Å². The highest BCUT2D eigenvalue weighted by Crippen LogP contribution is 2.18. The molecule has 0 spiro atoms. The van der Waals surface area contributed by atoms with Crippen LogP contribution in [-0.4, -0.2) is 30.2 Å². The van der Waals surface area contributed by atoms with Gasteiger partial charge in [-0.1, -0.05) is 11.6 Å². The van der Waals surface area contributed by atoms with Crippen LogP contribution in [-0.2, 0) is 14.3 Å². The Morgan fingerprint density at radius 1 is 1.35 bits per heavy atom. The van der Waals surface area contributed by atoms with E-state index in [9.17, 15) is 14.0 Å². The molecular formula is C14H12ClFN2O5. The van der Waals surface area contributed by atoms with Crippen LogP contribution in [0.1, 0.15) is 5.76 Å². The van der Waals surface area contributed by atoms with Crippen molar-refractivity contribution >= 4 is 29.2 Å². The number of rotatable bonds is 6. The number of nitrogens with zero attached hydrogens (tertiary/aromatic N) is 1. The van der Waals surface area contributed by atoms with E-state index in [0.29, 0.717) is 5.76 Å². The monoisotopic (exact) mass is 342 g/mol. The molecule has 0 aliphatic carbocycles. The number of amides is 1. The van der Waals surface area contributed by atoms with Crippen LogP contribution in [0.25, 0.3) is 0 Å². The topological polar surface area (TPSA) is 90.7 Å². The van der Waals surface area contributed by atoms with E-state index in [0.717, 1.165) is 6.07 Å². The number of esters is 1. The molecule has 0 bridgehead atoms. The highest BCUT2D eigenvalue weighted by molar-refractivity contribution is 6.30. The minimum atomic E-state index is -0.780. The molecule has 1 aromatic heterocycles. The molecule has 0 fully saturated rings. The van der Waals surface area contributed by atoms with Crippen LogP contribution in [0.2, 0.25) is 5.02 Å². The molecule has 7 nitrogen and oxygen atoms in total. The number of carbonyl (C=O) groups is 2. The molecule has 23 heavy (non-hydrogen) atoms. The van der Waals surface area contributed by atoms with Crippen molar-refractivity contribution in [2.24, 2.45) is 0 Å². The van der Waals surface area contributed by atoms with Crippen molar-refractivity contribution < 1.29 is 28.0 Å². The fraction of sp³-hybridized carbons (Fsp3) is 0.214. The zero-order chi connectivity index (χ0) is 16.8. The molecule has 0 saturated heterocycles. The fourth-order valence-corrected chi connectivity index (χ4v) is 1.67. The second-order valence-electron chi connectivity index (χ2n) is 4.40. The number of halogens is 2. The highest BCUT2D eigenvalue weighted by Gasteiger charge is 2.12. The maximum Gasteiger partial charge on any atom is 0.344 e. The van der Waals surface area contributed by atoms with E-state index >= 15 is 0 Å². The number of nitrogens with one attached hydrogen (secondary N) is 1. The van der Waals surface area contributed by atoms with Crippen LogP contribution >= 0.6 is 11.6 Å². The van der Waals surface area contributed by atoms with Crippen molar-refractivity contribution in [3.05, 3.63) is 40.9 Å². The van der Waals surface area contributed by atoms with E-state index in [1.165, 1.54) is 18.2 Å². The van der Waals surface area contributed by atoms with Gasteiger partial charge in [-0.3, -0.25) is 4.79 Å². The summed E-state index contributed by atoms with van der Waals surface area (Å²) in [6.45, 7) is 0.648. The Kier molecular flexibility index (Phi) is 5.53. The van der Waals surface area contributed by atoms with E-state index < -0.39 is 30.9 Å². The molecule has 1 heterocycles. The molecule has 2 aromatic rings. The maximum atomic E-state index is 13.5. The fourth-order valence-electron chi connectivity index (χ4n) is 1.51. The molecule has 1 aromatic carbocycles. The minimum Gasteiger partial charge on any atom is -0.463 e. The van der Waals surface area contributed by atoms with Crippen molar-refractivity contribution in [3.63, 3.8) is 0 Å². The van der Waals surface area contributed by atoms with E-state index in [1.54, 1.807) is 6.92 Å². The lowest BCUT2D eigenvalue weighted by atomic mass is 10.3. The first-order chi connectivity index (χ1) is 10.9. The number of hydrogen-bond acceptors (Lipinski definition) is 6. The normalized spacial score (nSPS) is 10.2. The Morgan fingerprint density at radius 2 is 2.13 bits per heavy atom. The molecular weight excluding hydrogens is 331 g/mol. The summed E-state index contributed by atoms with van der Waals surface area (Å²) in [4.78, 5) is 23.0. The summed E-state index contributed by atoms with van der Waals surface area (Å²) >= 11 is 5.60. The predicted octanol–water partition coefficient (Wildman–Crippen LogP) is 2.34. The first-order valence-corrected chi connectivity index (χ1v) is 6.78. The number of hydrogen-bond donors (Lipinski definition) is 1. The van der Waals surface area contributed by atoms with Gasteiger partial charge in [-0.15, -0.1) is 0 Å². The average molecular weight is 343 g/mol. The van der Waals surface area contributed by atoms with E-state index in [2.05, 4.69) is 15.2 Å². The number of ether oxygens (including phenoxy) is 2. The van der Waals surface area contributed by atoms with Gasteiger partial charge < -0.3 is 19.3 Å². The minimum absolute atomic E-state index is 0.0650. The molecule has 0 unspecified atom stereocenters. The number of aromatic nitrogens is 1. The molecule has 1 amide bonds. The SMILES string of the molecule is Cc1cc(OCC(=O)OCC(=O)Nc2ccc(Cl)cc2F)no1. The molecule has 0 radical (unpaired) electrons. The molecule has 0 atom stereocenters. The molecule has 0 aliphatic rings. The number of benzene rings is 1. The van der Waals surface area contributed by atoms with Crippen molar-refractivity contribution in [2.75, 3.05) is 18.5 Å². The summed E-state index contributed by atoms with van der Waals surface area (Å²) in [5, 5.41) is 5.97. The van der Waals surface area contributed by atoms with E-state index in [4.69, 9.17) is 20.9 Å². The van der Waals surface area contributed by atoms with Gasteiger partial charge in [-0.05, 0) is 30.3 Å². The van der Waals surface area contributed by atoms with Gasteiger partial charge in [-0.25, -0.2) is 9.18 Å². The van der Waals surface area contributed by atoms with Gasteiger partial charge in [0.1, 0.15) is 11.6 Å². The Bertz CT molecular complexity index is 719. The highest BCUT2D eigenvalue weighted by atomic mass is 35.5. The third kappa shape index (κ3) is 5.26. The molecule has 2 rings (SSSR count). The molecule has 122 valence electrons. The van der Waals surface area contributed by atoms with Gasteiger partial charge in [0.25, 0.3) is 11.8 Å². The summed E-state index contributed by atoms with van der Waals surface area (Å²) in [6, 6.07) is 5.26. The van der Waals surface area contributed by atoms with Crippen molar-refractivity contribution in [1.29, 1.82) is 0 Å². The summed E-state index contributed by atoms with van der Waals surface area (Å²) < 4.78 is 27.9. The van der Waals surface area contributed by atoms with Crippen LogP contribution in [0.4, 0.5) is 10.1 Å². The first-order valence-electron chi connectivity index (χ1n) is 6.40. The van der Waals surface area contributed by atoms with Gasteiger partial charge in [-0.2, -0.15) is 0 Å². The zero-order valence-electron chi connectivity index (χ0n) is 12.0. The summed E-state index contributed by atoms with van der Waals surface area (Å²) in [7, 11) is 0. The van der Waals surface area contributed by atoms with Gasteiger partial charge in [0, 0.05) is 11.1 Å². The van der Waals surface area contributed by atoms with Gasteiger partial charge in [0.05, 0.1) is 5.69 Å². The quantitative estimate of drug-likeness (QED) is 0.810. The third-order valence-corrected chi connectivity index (χ3v) is 2.75. The van der Waals surface area contributed by atoms with Crippen molar-refractivity contribution in [1.82, 2.24) is 5.16 Å². The van der Waals surface area contributed by atoms with Crippen LogP contribution in [0.3, 0.4) is 0 Å². The summed E-state index contributed by atoms with van der Waals surface area (Å²) in [5.41, 5.74) is -0.0650. The summed E-state index contributed by atoms with van der Waals surface area (Å²) in [5.74, 6) is -1.51. The lowest BCUT2D eigenvalue weighted by molar-refractivity contribution is -0.149. The van der Waals surface area contributed by atoms with Crippen molar-refractivity contribution in [3.8, 4) is 5.88 Å². The largest absolute Gasteiger partial charge is 0.463 e. The molecule has 9 heteroatoms. The Hall–Kier alpha value is -2.61. The summed E-state index contributed by atoms with van der Waals surface area (Å²) in [6.07, 6.45) is 0. The predicted molar refractivity (Wildman–Crippen MR) is 77.7 cm³/mol. The Balaban J connectivity index is 1.74. The average Bonchev–Trinajstić information content (AvgIpc) is 2.91. The molecule has 0 aliphatic heterocycles. The van der Waals surface area contributed by atoms with E-state index in [-0.39, 0.29) is 16.6 Å². The van der Waals surface area contributed by atoms with Crippen LogP contribution in [0.15, 0.2) is 28.8 Å². The number of aryl methyl sites for hydroxylation is 1. The van der Waals surface area contributed by atoms with Gasteiger partial charge in [0.2, 0.25) is 0 Å². The Morgan fingerprint density at radius 3 is 2.78 bits per heavy atom. The number of anilines is 1. The van der Waals surface area contributed by atoms with Crippen LogP contribution in [0, 0.1) is 12.7 Å².